The van der Waals surface area contributed by atoms with Crippen molar-refractivity contribution >= 4 is 5.69 Å². The molecule has 0 aliphatic rings. The van der Waals surface area contributed by atoms with Gasteiger partial charge < -0.3 is 4.90 Å². The molecule has 0 aliphatic carbocycles. The Hall–Kier alpha value is -2.30. The van der Waals surface area contributed by atoms with Crippen molar-refractivity contribution in [2.24, 2.45) is 7.05 Å². The highest BCUT2D eigenvalue weighted by atomic mass is 16.2. The Morgan fingerprint density at radius 1 is 1.06 bits per heavy atom. The summed E-state index contributed by atoms with van der Waals surface area (Å²) < 4.78 is 2.68. The van der Waals surface area contributed by atoms with Crippen molar-refractivity contribution in [1.82, 2.24) is 9.36 Å². The molecule has 1 aromatic carbocycles. The van der Waals surface area contributed by atoms with Crippen LogP contribution in [0.25, 0.3) is 5.69 Å². The van der Waals surface area contributed by atoms with Crippen molar-refractivity contribution in [1.29, 1.82) is 0 Å². The van der Waals surface area contributed by atoms with Gasteiger partial charge in [-0.05, 0) is 12.1 Å². The molecule has 1 heterocycles. The Morgan fingerprint density at radius 2 is 1.67 bits per heavy atom. The molecule has 1 aromatic heterocycles. The molecule has 0 saturated carbocycles. The molecule has 0 fully saturated rings. The van der Waals surface area contributed by atoms with E-state index < -0.39 is 0 Å². The minimum absolute atomic E-state index is 0.205. The predicted octanol–water partition coefficient (Wildman–Crippen LogP) is 0.602. The monoisotopic (exact) mass is 245 g/mol. The van der Waals surface area contributed by atoms with Crippen LogP contribution in [0, 0.1) is 0 Å². The topological polar surface area (TPSA) is 47.2 Å². The maximum Gasteiger partial charge on any atom is 0.288 e. The molecular weight excluding hydrogens is 230 g/mol. The number of hydrogen-bond donors (Lipinski definition) is 0. The lowest BCUT2D eigenvalue weighted by atomic mass is 10.3. The minimum atomic E-state index is -0.230. The first-order chi connectivity index (χ1) is 8.52. The Bertz CT molecular complexity index is 669. The molecule has 0 bridgehead atoms. The van der Waals surface area contributed by atoms with Gasteiger partial charge in [0.15, 0.2) is 0 Å². The van der Waals surface area contributed by atoms with Crippen LogP contribution in [0.15, 0.2) is 46.0 Å². The van der Waals surface area contributed by atoms with Crippen LogP contribution in [0.1, 0.15) is 0 Å². The van der Waals surface area contributed by atoms with Crippen LogP contribution in [0.5, 0.6) is 0 Å². The predicted molar refractivity (Wildman–Crippen MR) is 71.6 cm³/mol. The van der Waals surface area contributed by atoms with Gasteiger partial charge in [-0.1, -0.05) is 18.2 Å². The van der Waals surface area contributed by atoms with Gasteiger partial charge >= 0.3 is 0 Å². The largest absolute Gasteiger partial charge is 0.373 e. The second kappa shape index (κ2) is 4.52. The lowest BCUT2D eigenvalue weighted by Gasteiger charge is -2.16. The SMILES string of the molecule is CN(C)c1cc(=O)n(-c2ccccc2)n(C)c1=O. The normalized spacial score (nSPS) is 10.4. The van der Waals surface area contributed by atoms with E-state index in [9.17, 15) is 9.59 Å². The van der Waals surface area contributed by atoms with Crippen LogP contribution in [0.4, 0.5) is 5.69 Å². The third-order valence-corrected chi connectivity index (χ3v) is 2.76. The van der Waals surface area contributed by atoms with Crippen molar-refractivity contribution in [2.75, 3.05) is 19.0 Å². The zero-order chi connectivity index (χ0) is 13.3. The molecule has 0 spiro atoms. The number of nitrogens with zero attached hydrogens (tertiary/aromatic N) is 3. The van der Waals surface area contributed by atoms with Gasteiger partial charge in [-0.25, -0.2) is 9.36 Å². The third kappa shape index (κ3) is 1.95. The van der Waals surface area contributed by atoms with E-state index >= 15 is 0 Å². The molecule has 5 nitrogen and oxygen atoms in total. The molecule has 0 atom stereocenters. The highest BCUT2D eigenvalue weighted by molar-refractivity contribution is 5.42. The first-order valence-electron chi connectivity index (χ1n) is 5.58. The number of rotatable bonds is 2. The van der Waals surface area contributed by atoms with Crippen molar-refractivity contribution in [3.63, 3.8) is 0 Å². The minimum Gasteiger partial charge on any atom is -0.373 e. The van der Waals surface area contributed by atoms with Gasteiger partial charge in [0.25, 0.3) is 11.1 Å². The van der Waals surface area contributed by atoms with Crippen molar-refractivity contribution < 1.29 is 0 Å². The Kier molecular flexibility index (Phi) is 3.06. The smallest absolute Gasteiger partial charge is 0.288 e. The quantitative estimate of drug-likeness (QED) is 0.778. The standard InChI is InChI=1S/C13H15N3O2/c1-14(2)11-9-12(17)16(15(3)13(11)18)10-7-5-4-6-8-10/h4-9H,1-3H3. The van der Waals surface area contributed by atoms with E-state index in [0.717, 1.165) is 0 Å². The molecular formula is C13H15N3O2. The molecule has 2 rings (SSSR count). The maximum absolute atomic E-state index is 12.1. The third-order valence-electron chi connectivity index (χ3n) is 2.76. The molecule has 0 saturated heterocycles. The molecule has 0 N–H and O–H groups in total. The Balaban J connectivity index is 2.76. The maximum atomic E-state index is 12.1. The summed E-state index contributed by atoms with van der Waals surface area (Å²) in [6.07, 6.45) is 0. The van der Waals surface area contributed by atoms with Gasteiger partial charge in [-0.15, -0.1) is 0 Å². The van der Waals surface area contributed by atoms with E-state index in [-0.39, 0.29) is 11.1 Å². The zero-order valence-electron chi connectivity index (χ0n) is 10.6. The Labute approximate surface area is 104 Å². The summed E-state index contributed by atoms with van der Waals surface area (Å²) in [7, 11) is 5.07. The van der Waals surface area contributed by atoms with Gasteiger partial charge in [0.2, 0.25) is 0 Å². The second-order valence-electron chi connectivity index (χ2n) is 4.24. The highest BCUT2D eigenvalue weighted by Crippen LogP contribution is 2.04. The van der Waals surface area contributed by atoms with Gasteiger partial charge in [0, 0.05) is 27.2 Å². The van der Waals surface area contributed by atoms with Crippen LogP contribution in [-0.4, -0.2) is 23.5 Å². The van der Waals surface area contributed by atoms with E-state index in [2.05, 4.69) is 0 Å². The molecule has 0 radical (unpaired) electrons. The molecule has 94 valence electrons. The number of para-hydroxylation sites is 1. The van der Waals surface area contributed by atoms with E-state index in [4.69, 9.17) is 0 Å². The fraction of sp³-hybridized carbons (Fsp3) is 0.231. The molecule has 5 heteroatoms. The van der Waals surface area contributed by atoms with Crippen molar-refractivity contribution in [3.05, 3.63) is 57.1 Å². The Morgan fingerprint density at radius 3 is 2.22 bits per heavy atom. The summed E-state index contributed by atoms with van der Waals surface area (Å²) in [6, 6.07) is 10.4. The van der Waals surface area contributed by atoms with E-state index in [1.54, 1.807) is 38.2 Å². The lowest BCUT2D eigenvalue weighted by Crippen LogP contribution is -2.38. The van der Waals surface area contributed by atoms with Gasteiger partial charge in [0.05, 0.1) is 5.69 Å². The average molecular weight is 245 g/mol. The van der Waals surface area contributed by atoms with Crippen LogP contribution in [-0.2, 0) is 7.05 Å². The zero-order valence-corrected chi connectivity index (χ0v) is 10.6. The van der Waals surface area contributed by atoms with Gasteiger partial charge in [-0.2, -0.15) is 0 Å². The summed E-state index contributed by atoms with van der Waals surface area (Å²) in [5.41, 5.74) is 0.623. The first-order valence-corrected chi connectivity index (χ1v) is 5.58. The molecule has 0 unspecified atom stereocenters. The highest BCUT2D eigenvalue weighted by Gasteiger charge is 2.10. The van der Waals surface area contributed by atoms with Crippen LogP contribution >= 0.6 is 0 Å². The summed E-state index contributed by atoms with van der Waals surface area (Å²) in [4.78, 5) is 25.9. The van der Waals surface area contributed by atoms with Crippen LogP contribution in [0.3, 0.4) is 0 Å². The van der Waals surface area contributed by atoms with Crippen LogP contribution < -0.4 is 16.0 Å². The van der Waals surface area contributed by atoms with Crippen molar-refractivity contribution in [3.8, 4) is 5.69 Å². The summed E-state index contributed by atoms with van der Waals surface area (Å²) >= 11 is 0. The van der Waals surface area contributed by atoms with E-state index in [1.165, 1.54) is 15.4 Å². The molecule has 0 aliphatic heterocycles. The number of hydrogen-bond acceptors (Lipinski definition) is 3. The fourth-order valence-electron chi connectivity index (χ4n) is 1.83. The van der Waals surface area contributed by atoms with Crippen molar-refractivity contribution in [2.45, 2.75) is 0 Å². The number of benzene rings is 1. The summed E-state index contributed by atoms with van der Waals surface area (Å²) in [5.74, 6) is 0. The lowest BCUT2D eigenvalue weighted by molar-refractivity contribution is 0.593. The number of aromatic nitrogens is 2. The fourth-order valence-corrected chi connectivity index (χ4v) is 1.83. The van der Waals surface area contributed by atoms with Gasteiger partial charge in [0.1, 0.15) is 5.69 Å². The molecule has 2 aromatic rings. The summed E-state index contributed by atoms with van der Waals surface area (Å²) in [6.45, 7) is 0. The van der Waals surface area contributed by atoms with Crippen LogP contribution in [0.2, 0.25) is 0 Å². The summed E-state index contributed by atoms with van der Waals surface area (Å²) in [5, 5.41) is 0. The van der Waals surface area contributed by atoms with E-state index in [1.807, 2.05) is 18.2 Å². The second-order valence-corrected chi connectivity index (χ2v) is 4.24. The van der Waals surface area contributed by atoms with E-state index in [0.29, 0.717) is 11.4 Å². The average Bonchev–Trinajstić information content (AvgIpc) is 2.35. The molecule has 0 amide bonds. The molecule has 18 heavy (non-hydrogen) atoms. The van der Waals surface area contributed by atoms with Gasteiger partial charge in [-0.3, -0.25) is 9.59 Å². The number of anilines is 1. The first kappa shape index (κ1) is 12.2.